The number of hydrogen-bond donors (Lipinski definition) is 2. The highest BCUT2D eigenvalue weighted by molar-refractivity contribution is 5.73. The predicted octanol–water partition coefficient (Wildman–Crippen LogP) is 3.51. The third kappa shape index (κ3) is 4.27. The molecule has 0 bridgehead atoms. The van der Waals surface area contributed by atoms with Gasteiger partial charge >= 0.3 is 5.97 Å². The van der Waals surface area contributed by atoms with Gasteiger partial charge in [0.1, 0.15) is 5.82 Å². The van der Waals surface area contributed by atoms with E-state index in [1.165, 1.54) is 5.56 Å². The standard InChI is InChI=1S/C22H32N6O2/c1-5-30-20(29)14-8-7-11-28(13-14)21-23-16-10-6-9-15(16)19(25-21)24-18-12-17(26-27-18)22(2,3)4/h12,14H,5-11,13H2,1-4H3,(H2,23,24,25,26,27). The van der Waals surface area contributed by atoms with Crippen molar-refractivity contribution in [2.75, 3.05) is 29.9 Å². The lowest BCUT2D eigenvalue weighted by atomic mass is 9.92. The maximum atomic E-state index is 12.2. The van der Waals surface area contributed by atoms with Crippen LogP contribution in [0, 0.1) is 5.92 Å². The molecule has 0 spiro atoms. The molecule has 2 N–H and O–H groups in total. The highest BCUT2D eigenvalue weighted by Gasteiger charge is 2.30. The molecule has 2 aromatic heterocycles. The zero-order valence-corrected chi connectivity index (χ0v) is 18.4. The summed E-state index contributed by atoms with van der Waals surface area (Å²) < 4.78 is 5.24. The molecular formula is C22H32N6O2. The van der Waals surface area contributed by atoms with Crippen LogP contribution in [0.5, 0.6) is 0 Å². The van der Waals surface area contributed by atoms with Crippen LogP contribution in [0.15, 0.2) is 6.07 Å². The molecule has 2 aromatic rings. The molecule has 8 heteroatoms. The molecule has 0 radical (unpaired) electrons. The van der Waals surface area contributed by atoms with E-state index in [-0.39, 0.29) is 17.3 Å². The number of aromatic nitrogens is 4. The largest absolute Gasteiger partial charge is 0.466 e. The van der Waals surface area contributed by atoms with Gasteiger partial charge in [0.05, 0.1) is 18.2 Å². The Hall–Kier alpha value is -2.64. The number of aryl methyl sites for hydroxylation is 1. The Labute approximate surface area is 177 Å². The van der Waals surface area contributed by atoms with Gasteiger partial charge in [-0.15, -0.1) is 0 Å². The van der Waals surface area contributed by atoms with Crippen LogP contribution in [0.1, 0.15) is 63.9 Å². The molecule has 30 heavy (non-hydrogen) atoms. The van der Waals surface area contributed by atoms with E-state index in [1.54, 1.807) is 0 Å². The fourth-order valence-electron chi connectivity index (χ4n) is 4.17. The van der Waals surface area contributed by atoms with Gasteiger partial charge in [0.15, 0.2) is 5.82 Å². The molecular weight excluding hydrogens is 380 g/mol. The zero-order valence-electron chi connectivity index (χ0n) is 18.4. The first-order valence-corrected chi connectivity index (χ1v) is 11.0. The molecule has 8 nitrogen and oxygen atoms in total. The average molecular weight is 413 g/mol. The molecule has 0 saturated carbocycles. The van der Waals surface area contributed by atoms with E-state index < -0.39 is 0 Å². The molecule has 0 amide bonds. The SMILES string of the molecule is CCOC(=O)C1CCCN(c2nc3c(c(Nc4cc(C(C)(C)C)[nH]n4)n2)CCC3)C1. The van der Waals surface area contributed by atoms with Crippen LogP contribution < -0.4 is 10.2 Å². The Bertz CT molecular complexity index is 917. The molecule has 3 heterocycles. The highest BCUT2D eigenvalue weighted by atomic mass is 16.5. The molecule has 4 rings (SSSR count). The number of carbonyl (C=O) groups excluding carboxylic acids is 1. The summed E-state index contributed by atoms with van der Waals surface area (Å²) in [5, 5.41) is 11.0. The Balaban J connectivity index is 1.58. The van der Waals surface area contributed by atoms with Crippen molar-refractivity contribution in [3.05, 3.63) is 23.0 Å². The maximum Gasteiger partial charge on any atom is 0.310 e. The second kappa shape index (κ2) is 8.24. The molecule has 1 aliphatic heterocycles. The molecule has 1 atom stereocenters. The fraction of sp³-hybridized carbons (Fsp3) is 0.636. The number of aromatic amines is 1. The number of ether oxygens (including phenoxy) is 1. The Kier molecular flexibility index (Phi) is 5.66. The van der Waals surface area contributed by atoms with Crippen LogP contribution in [0.2, 0.25) is 0 Å². The van der Waals surface area contributed by atoms with Gasteiger partial charge in [-0.25, -0.2) is 4.98 Å². The van der Waals surface area contributed by atoms with Crippen LogP contribution in [0.25, 0.3) is 0 Å². The zero-order chi connectivity index (χ0) is 21.3. The number of fused-ring (bicyclic) bond motifs is 1. The van der Waals surface area contributed by atoms with Crippen molar-refractivity contribution in [2.45, 2.75) is 65.2 Å². The van der Waals surface area contributed by atoms with Crippen LogP contribution in [0.3, 0.4) is 0 Å². The van der Waals surface area contributed by atoms with E-state index in [1.807, 2.05) is 13.0 Å². The summed E-state index contributed by atoms with van der Waals surface area (Å²) in [5.74, 6) is 2.05. The topological polar surface area (TPSA) is 96.0 Å². The van der Waals surface area contributed by atoms with Crippen molar-refractivity contribution < 1.29 is 9.53 Å². The summed E-state index contributed by atoms with van der Waals surface area (Å²) in [5.41, 5.74) is 3.36. The molecule has 1 fully saturated rings. The minimum atomic E-state index is -0.118. The van der Waals surface area contributed by atoms with Crippen LogP contribution >= 0.6 is 0 Å². The van der Waals surface area contributed by atoms with Crippen molar-refractivity contribution in [1.82, 2.24) is 20.2 Å². The first-order chi connectivity index (χ1) is 14.3. The maximum absolute atomic E-state index is 12.2. The molecule has 0 aromatic carbocycles. The number of H-pyrrole nitrogens is 1. The third-order valence-corrected chi connectivity index (χ3v) is 5.88. The number of hydrogen-bond acceptors (Lipinski definition) is 7. The van der Waals surface area contributed by atoms with Gasteiger partial charge in [-0.3, -0.25) is 9.89 Å². The van der Waals surface area contributed by atoms with Crippen molar-refractivity contribution in [1.29, 1.82) is 0 Å². The van der Waals surface area contributed by atoms with Crippen molar-refractivity contribution in [3.63, 3.8) is 0 Å². The normalized spacial score (nSPS) is 18.9. The van der Waals surface area contributed by atoms with Crippen LogP contribution in [0.4, 0.5) is 17.6 Å². The number of carbonyl (C=O) groups is 1. The lowest BCUT2D eigenvalue weighted by Gasteiger charge is -2.32. The quantitative estimate of drug-likeness (QED) is 0.726. The minimum absolute atomic E-state index is 0.00161. The highest BCUT2D eigenvalue weighted by Crippen LogP contribution is 2.32. The Morgan fingerprint density at radius 1 is 1.30 bits per heavy atom. The van der Waals surface area contributed by atoms with Crippen molar-refractivity contribution >= 4 is 23.6 Å². The van der Waals surface area contributed by atoms with E-state index in [0.717, 1.165) is 61.7 Å². The smallest absolute Gasteiger partial charge is 0.310 e. The average Bonchev–Trinajstić information content (AvgIpc) is 3.37. The van der Waals surface area contributed by atoms with Crippen LogP contribution in [-0.2, 0) is 27.8 Å². The lowest BCUT2D eigenvalue weighted by Crippen LogP contribution is -2.40. The third-order valence-electron chi connectivity index (χ3n) is 5.88. The van der Waals surface area contributed by atoms with Gasteiger partial charge in [-0.2, -0.15) is 10.1 Å². The van der Waals surface area contributed by atoms with E-state index in [0.29, 0.717) is 19.1 Å². The molecule has 1 unspecified atom stereocenters. The van der Waals surface area contributed by atoms with E-state index in [9.17, 15) is 4.79 Å². The summed E-state index contributed by atoms with van der Waals surface area (Å²) in [6, 6.07) is 2.04. The minimum Gasteiger partial charge on any atom is -0.466 e. The van der Waals surface area contributed by atoms with E-state index >= 15 is 0 Å². The number of rotatable bonds is 5. The van der Waals surface area contributed by atoms with Crippen LogP contribution in [-0.4, -0.2) is 45.8 Å². The lowest BCUT2D eigenvalue weighted by molar-refractivity contribution is -0.148. The predicted molar refractivity (Wildman–Crippen MR) is 116 cm³/mol. The van der Waals surface area contributed by atoms with E-state index in [4.69, 9.17) is 14.7 Å². The van der Waals surface area contributed by atoms with Gasteiger partial charge in [0.25, 0.3) is 0 Å². The number of esters is 1. The fourth-order valence-corrected chi connectivity index (χ4v) is 4.17. The van der Waals surface area contributed by atoms with Crippen molar-refractivity contribution in [2.24, 2.45) is 5.92 Å². The molecule has 1 saturated heterocycles. The Morgan fingerprint density at radius 3 is 2.87 bits per heavy atom. The van der Waals surface area contributed by atoms with Gasteiger partial charge < -0.3 is 15.0 Å². The van der Waals surface area contributed by atoms with Gasteiger partial charge in [0.2, 0.25) is 5.95 Å². The number of anilines is 3. The summed E-state index contributed by atoms with van der Waals surface area (Å²) in [4.78, 5) is 24.1. The summed E-state index contributed by atoms with van der Waals surface area (Å²) in [7, 11) is 0. The number of nitrogens with one attached hydrogen (secondary N) is 2. The van der Waals surface area contributed by atoms with Crippen molar-refractivity contribution in [3.8, 4) is 0 Å². The summed E-state index contributed by atoms with van der Waals surface area (Å²) in [6.07, 6.45) is 4.80. The Morgan fingerprint density at radius 2 is 2.13 bits per heavy atom. The van der Waals surface area contributed by atoms with Gasteiger partial charge in [0, 0.05) is 35.8 Å². The summed E-state index contributed by atoms with van der Waals surface area (Å²) in [6.45, 7) is 10.2. The van der Waals surface area contributed by atoms with E-state index in [2.05, 4.69) is 41.2 Å². The second-order valence-corrected chi connectivity index (χ2v) is 9.23. The first-order valence-electron chi connectivity index (χ1n) is 11.0. The first kappa shape index (κ1) is 20.6. The molecule has 2 aliphatic rings. The second-order valence-electron chi connectivity index (χ2n) is 9.23. The monoisotopic (exact) mass is 412 g/mol. The number of nitrogens with zero attached hydrogens (tertiary/aromatic N) is 4. The number of piperidine rings is 1. The molecule has 162 valence electrons. The van der Waals surface area contributed by atoms with Gasteiger partial charge in [-0.05, 0) is 39.0 Å². The molecule has 1 aliphatic carbocycles. The van der Waals surface area contributed by atoms with Gasteiger partial charge in [-0.1, -0.05) is 20.8 Å². The summed E-state index contributed by atoms with van der Waals surface area (Å²) >= 11 is 0.